The predicted octanol–water partition coefficient (Wildman–Crippen LogP) is 1.56. The topological polar surface area (TPSA) is 114 Å². The number of benzene rings is 2. The van der Waals surface area contributed by atoms with Crippen molar-refractivity contribution in [2.24, 2.45) is 0 Å². The molecule has 3 aliphatic heterocycles. The molecule has 0 saturated carbocycles. The summed E-state index contributed by atoms with van der Waals surface area (Å²) in [6, 6.07) is 9.20. The van der Waals surface area contributed by atoms with Crippen LogP contribution in [-0.4, -0.2) is 41.9 Å². The van der Waals surface area contributed by atoms with E-state index < -0.39 is 29.8 Å². The van der Waals surface area contributed by atoms with Crippen molar-refractivity contribution < 1.29 is 28.7 Å². The SMILES string of the molecule is C[C@]1(c2ccc3c(c2)OCO3)NC(=O)N(CC(=O)c2ccc3c(c2)CC(=O)N3)C1=O. The van der Waals surface area contributed by atoms with Crippen LogP contribution in [0, 0.1) is 0 Å². The van der Waals surface area contributed by atoms with Gasteiger partial charge >= 0.3 is 6.03 Å². The Balaban J connectivity index is 1.38. The molecule has 0 spiro atoms. The van der Waals surface area contributed by atoms with Crippen molar-refractivity contribution in [2.75, 3.05) is 18.7 Å². The number of fused-ring (bicyclic) bond motifs is 2. The third-order valence-electron chi connectivity index (χ3n) is 5.58. The van der Waals surface area contributed by atoms with Crippen molar-refractivity contribution in [2.45, 2.75) is 18.9 Å². The van der Waals surface area contributed by atoms with Gasteiger partial charge in [-0.3, -0.25) is 19.3 Å². The molecule has 0 bridgehead atoms. The third-order valence-corrected chi connectivity index (χ3v) is 5.58. The van der Waals surface area contributed by atoms with Crippen LogP contribution in [0.3, 0.4) is 0 Å². The van der Waals surface area contributed by atoms with Gasteiger partial charge in [0.25, 0.3) is 5.91 Å². The number of nitrogens with one attached hydrogen (secondary N) is 2. The molecule has 30 heavy (non-hydrogen) atoms. The van der Waals surface area contributed by atoms with Crippen LogP contribution in [0.5, 0.6) is 11.5 Å². The Labute approximate surface area is 170 Å². The minimum atomic E-state index is -1.33. The zero-order valence-corrected chi connectivity index (χ0v) is 16.0. The molecule has 1 saturated heterocycles. The molecule has 2 aromatic carbocycles. The van der Waals surface area contributed by atoms with Gasteiger partial charge in [-0.25, -0.2) is 4.79 Å². The number of nitrogens with zero attached hydrogens (tertiary/aromatic N) is 1. The molecule has 5 rings (SSSR count). The summed E-state index contributed by atoms with van der Waals surface area (Å²) >= 11 is 0. The highest BCUT2D eigenvalue weighted by molar-refractivity contribution is 6.11. The second-order valence-corrected chi connectivity index (χ2v) is 7.53. The average molecular weight is 407 g/mol. The fraction of sp³-hybridized carbons (Fsp3) is 0.238. The molecule has 0 radical (unpaired) electrons. The van der Waals surface area contributed by atoms with Gasteiger partial charge in [0.2, 0.25) is 12.7 Å². The maximum atomic E-state index is 13.1. The minimum Gasteiger partial charge on any atom is -0.454 e. The van der Waals surface area contributed by atoms with Crippen LogP contribution in [0.4, 0.5) is 10.5 Å². The van der Waals surface area contributed by atoms with Gasteiger partial charge in [-0.2, -0.15) is 0 Å². The number of anilines is 1. The summed E-state index contributed by atoms with van der Waals surface area (Å²) in [5, 5.41) is 5.38. The Morgan fingerprint density at radius 3 is 2.73 bits per heavy atom. The Kier molecular flexibility index (Phi) is 3.82. The molecule has 2 N–H and O–H groups in total. The normalized spacial score (nSPS) is 21.5. The highest BCUT2D eigenvalue weighted by Gasteiger charge is 2.50. The Bertz CT molecular complexity index is 1140. The lowest BCUT2D eigenvalue weighted by Gasteiger charge is -2.22. The molecule has 3 heterocycles. The van der Waals surface area contributed by atoms with Crippen LogP contribution < -0.4 is 20.1 Å². The summed E-state index contributed by atoms with van der Waals surface area (Å²) in [5.74, 6) is -0.00108. The number of ketones is 1. The van der Waals surface area contributed by atoms with Crippen molar-refractivity contribution in [3.05, 3.63) is 53.1 Å². The van der Waals surface area contributed by atoms with Crippen LogP contribution in [0.1, 0.15) is 28.4 Å². The van der Waals surface area contributed by atoms with E-state index in [4.69, 9.17) is 9.47 Å². The van der Waals surface area contributed by atoms with E-state index in [9.17, 15) is 19.2 Å². The van der Waals surface area contributed by atoms with Crippen molar-refractivity contribution >= 4 is 29.3 Å². The zero-order valence-electron chi connectivity index (χ0n) is 16.0. The van der Waals surface area contributed by atoms with Crippen LogP contribution in [0.2, 0.25) is 0 Å². The first-order valence-corrected chi connectivity index (χ1v) is 9.35. The number of hydrogen-bond acceptors (Lipinski definition) is 6. The van der Waals surface area contributed by atoms with Gasteiger partial charge in [0.05, 0.1) is 13.0 Å². The summed E-state index contributed by atoms with van der Waals surface area (Å²) < 4.78 is 10.6. The highest BCUT2D eigenvalue weighted by Crippen LogP contribution is 2.38. The van der Waals surface area contributed by atoms with Crippen LogP contribution in [0.25, 0.3) is 0 Å². The van der Waals surface area contributed by atoms with Gasteiger partial charge < -0.3 is 20.1 Å². The Hall–Kier alpha value is -3.88. The number of hydrogen-bond donors (Lipinski definition) is 2. The smallest absolute Gasteiger partial charge is 0.325 e. The second-order valence-electron chi connectivity index (χ2n) is 7.53. The number of carbonyl (C=O) groups excluding carboxylic acids is 4. The lowest BCUT2D eigenvalue weighted by molar-refractivity contribution is -0.130. The number of imide groups is 1. The molecule has 0 aliphatic carbocycles. The monoisotopic (exact) mass is 407 g/mol. The van der Waals surface area contributed by atoms with E-state index in [2.05, 4.69) is 10.6 Å². The summed E-state index contributed by atoms with van der Waals surface area (Å²) in [6.45, 7) is 1.28. The molecule has 0 unspecified atom stereocenters. The molecule has 4 amide bonds. The van der Waals surface area contributed by atoms with Crippen molar-refractivity contribution in [1.29, 1.82) is 0 Å². The fourth-order valence-corrected chi connectivity index (χ4v) is 3.88. The van der Waals surface area contributed by atoms with E-state index in [1.807, 2.05) is 0 Å². The van der Waals surface area contributed by atoms with E-state index in [1.165, 1.54) is 0 Å². The van der Waals surface area contributed by atoms with Crippen molar-refractivity contribution in [1.82, 2.24) is 10.2 Å². The van der Waals surface area contributed by atoms with E-state index in [0.717, 1.165) is 4.90 Å². The average Bonchev–Trinajstić information content (AvgIpc) is 3.39. The number of carbonyl (C=O) groups is 4. The van der Waals surface area contributed by atoms with Gasteiger partial charge in [0.1, 0.15) is 5.54 Å². The van der Waals surface area contributed by atoms with Gasteiger partial charge in [-0.05, 0) is 48.4 Å². The van der Waals surface area contributed by atoms with Crippen LogP contribution in [0.15, 0.2) is 36.4 Å². The first-order chi connectivity index (χ1) is 14.3. The molecule has 152 valence electrons. The quantitative estimate of drug-likeness (QED) is 0.587. The van der Waals surface area contributed by atoms with Gasteiger partial charge in [-0.1, -0.05) is 6.07 Å². The molecular formula is C21H17N3O6. The van der Waals surface area contributed by atoms with E-state index in [1.54, 1.807) is 43.3 Å². The standard InChI is InChI=1S/C21H17N3O6/c1-21(13-3-5-16-17(8-13)30-10-29-16)19(27)24(20(28)23-21)9-15(25)11-2-4-14-12(6-11)7-18(26)22-14/h2-6,8H,7,9-10H2,1H3,(H,22,26)(H,23,28)/t21-/m1/s1. The summed E-state index contributed by atoms with van der Waals surface area (Å²) in [7, 11) is 0. The maximum Gasteiger partial charge on any atom is 0.325 e. The first kappa shape index (κ1) is 18.2. The lowest BCUT2D eigenvalue weighted by Crippen LogP contribution is -2.41. The first-order valence-electron chi connectivity index (χ1n) is 9.35. The molecular weight excluding hydrogens is 390 g/mol. The molecule has 9 heteroatoms. The van der Waals surface area contributed by atoms with Crippen molar-refractivity contribution in [3.63, 3.8) is 0 Å². The van der Waals surface area contributed by atoms with Gasteiger partial charge in [0.15, 0.2) is 17.3 Å². The van der Waals surface area contributed by atoms with Crippen LogP contribution in [-0.2, 0) is 21.5 Å². The number of rotatable bonds is 4. The fourth-order valence-electron chi connectivity index (χ4n) is 3.88. The molecule has 1 fully saturated rings. The number of urea groups is 1. The zero-order chi connectivity index (χ0) is 21.0. The highest BCUT2D eigenvalue weighted by atomic mass is 16.7. The molecule has 2 aromatic rings. The third kappa shape index (κ3) is 2.70. The minimum absolute atomic E-state index is 0.0956. The second kappa shape index (κ2) is 6.31. The lowest BCUT2D eigenvalue weighted by atomic mass is 9.91. The summed E-state index contributed by atoms with van der Waals surface area (Å²) in [4.78, 5) is 50.8. The molecule has 3 aliphatic rings. The predicted molar refractivity (Wildman–Crippen MR) is 103 cm³/mol. The Morgan fingerprint density at radius 1 is 1.10 bits per heavy atom. The largest absolute Gasteiger partial charge is 0.454 e. The number of amides is 4. The molecule has 1 atom stereocenters. The van der Waals surface area contributed by atoms with E-state index in [0.29, 0.717) is 33.9 Å². The summed E-state index contributed by atoms with van der Waals surface area (Å²) in [6.07, 6.45) is 0.196. The molecule has 9 nitrogen and oxygen atoms in total. The number of ether oxygens (including phenoxy) is 2. The Morgan fingerprint density at radius 2 is 1.90 bits per heavy atom. The number of Topliss-reactive ketones (excluding diaryl/α,β-unsaturated/α-hetero) is 1. The van der Waals surface area contributed by atoms with E-state index in [-0.39, 0.29) is 19.1 Å². The molecule has 0 aromatic heterocycles. The summed E-state index contributed by atoms with van der Waals surface area (Å²) in [5.41, 5.74) is 0.923. The van der Waals surface area contributed by atoms with Crippen LogP contribution >= 0.6 is 0 Å². The van der Waals surface area contributed by atoms with Crippen molar-refractivity contribution in [3.8, 4) is 11.5 Å². The van der Waals surface area contributed by atoms with Gasteiger partial charge in [-0.15, -0.1) is 0 Å². The van der Waals surface area contributed by atoms with E-state index >= 15 is 0 Å². The van der Waals surface area contributed by atoms with Gasteiger partial charge in [0, 0.05) is 11.3 Å². The maximum absolute atomic E-state index is 13.1.